The highest BCUT2D eigenvalue weighted by atomic mass is 35.5. The molecule has 11 heteroatoms. The molecule has 1 atom stereocenters. The number of hydrogen-bond acceptors (Lipinski definition) is 3. The van der Waals surface area contributed by atoms with E-state index in [-0.39, 0.29) is 32.7 Å². The molecule has 1 aliphatic rings. The average Bonchev–Trinajstić information content (AvgIpc) is 3.24. The number of carbonyl (C=O) groups excluding carboxylic acids is 2. The Labute approximate surface area is 180 Å². The fourth-order valence-electron chi connectivity index (χ4n) is 3.47. The first-order valence-electron chi connectivity index (χ1n) is 8.57. The molecule has 1 aromatic heterocycles. The van der Waals surface area contributed by atoms with Gasteiger partial charge in [0, 0.05) is 32.0 Å². The van der Waals surface area contributed by atoms with Gasteiger partial charge < -0.3 is 11.1 Å². The molecule has 0 saturated carbocycles. The molecule has 0 aliphatic carbocycles. The highest BCUT2D eigenvalue weighted by molar-refractivity contribution is 7.14. The number of benzene rings is 2. The van der Waals surface area contributed by atoms with Crippen molar-refractivity contribution in [3.63, 3.8) is 0 Å². The molecule has 3 aromatic rings. The predicted molar refractivity (Wildman–Crippen MR) is 104 cm³/mol. The Morgan fingerprint density at radius 3 is 2.52 bits per heavy atom. The molecule has 1 aliphatic heterocycles. The smallest absolute Gasteiger partial charge is 0.366 e. The highest BCUT2D eigenvalue weighted by Gasteiger charge is 2.38. The van der Waals surface area contributed by atoms with Crippen LogP contribution in [0.25, 0.3) is 10.4 Å². The zero-order valence-electron chi connectivity index (χ0n) is 15.1. The summed E-state index contributed by atoms with van der Waals surface area (Å²) in [6, 6.07) is 3.18. The highest BCUT2D eigenvalue weighted by Crippen LogP contribution is 2.46. The Hall–Kier alpha value is -2.98. The number of carbonyl (C=O) groups is 2. The van der Waals surface area contributed by atoms with Crippen LogP contribution in [0.1, 0.15) is 43.4 Å². The summed E-state index contributed by atoms with van der Waals surface area (Å²) < 4.78 is 68.0. The van der Waals surface area contributed by atoms with Crippen LogP contribution in [-0.4, -0.2) is 11.8 Å². The van der Waals surface area contributed by atoms with Gasteiger partial charge in [0.25, 0.3) is 5.91 Å². The molecule has 4 nitrogen and oxygen atoms in total. The van der Waals surface area contributed by atoms with Crippen LogP contribution in [0.3, 0.4) is 0 Å². The van der Waals surface area contributed by atoms with Crippen molar-refractivity contribution in [3.05, 3.63) is 80.2 Å². The summed E-state index contributed by atoms with van der Waals surface area (Å²) in [6.07, 6.45) is -4.91. The molecular formula is C20H10ClF5N2O2S. The van der Waals surface area contributed by atoms with Gasteiger partial charge in [-0.15, -0.1) is 11.3 Å². The molecule has 0 radical (unpaired) electrons. The van der Waals surface area contributed by atoms with Gasteiger partial charge in [-0.25, -0.2) is 8.78 Å². The number of thiophene rings is 1. The van der Waals surface area contributed by atoms with Crippen molar-refractivity contribution in [2.24, 2.45) is 5.73 Å². The Balaban J connectivity index is 1.97. The van der Waals surface area contributed by atoms with Gasteiger partial charge in [0.05, 0.1) is 22.7 Å². The molecule has 0 bridgehead atoms. The number of fused-ring (bicyclic) bond motifs is 1. The van der Waals surface area contributed by atoms with E-state index in [1.54, 1.807) is 0 Å². The van der Waals surface area contributed by atoms with Gasteiger partial charge in [-0.1, -0.05) is 11.6 Å². The van der Waals surface area contributed by atoms with Crippen molar-refractivity contribution in [1.29, 1.82) is 0 Å². The molecule has 2 aromatic carbocycles. The number of nitrogens with two attached hydrogens (primary N) is 1. The lowest BCUT2D eigenvalue weighted by molar-refractivity contribution is -0.137. The van der Waals surface area contributed by atoms with Gasteiger partial charge in [0.2, 0.25) is 5.91 Å². The van der Waals surface area contributed by atoms with Crippen LogP contribution in [-0.2, 0) is 6.18 Å². The molecule has 0 fully saturated rings. The third-order valence-corrected chi connectivity index (χ3v) is 6.17. The first kappa shape index (κ1) is 21.3. The minimum atomic E-state index is -4.91. The largest absolute Gasteiger partial charge is 0.416 e. The minimum Gasteiger partial charge on any atom is -0.366 e. The van der Waals surface area contributed by atoms with Gasteiger partial charge >= 0.3 is 6.18 Å². The van der Waals surface area contributed by atoms with Gasteiger partial charge in [-0.3, -0.25) is 9.59 Å². The lowest BCUT2D eigenvalue weighted by Crippen LogP contribution is -2.21. The lowest BCUT2D eigenvalue weighted by atomic mass is 9.93. The van der Waals surface area contributed by atoms with Crippen LogP contribution in [0.5, 0.6) is 0 Å². The fourth-order valence-corrected chi connectivity index (χ4v) is 4.85. The maximum absolute atomic E-state index is 14.9. The van der Waals surface area contributed by atoms with E-state index in [0.717, 1.165) is 23.5 Å². The van der Waals surface area contributed by atoms with E-state index in [2.05, 4.69) is 5.32 Å². The van der Waals surface area contributed by atoms with Gasteiger partial charge in [0.15, 0.2) is 0 Å². The van der Waals surface area contributed by atoms with E-state index in [1.165, 1.54) is 11.4 Å². The van der Waals surface area contributed by atoms with E-state index in [1.807, 2.05) is 0 Å². The first-order valence-corrected chi connectivity index (χ1v) is 9.83. The van der Waals surface area contributed by atoms with Crippen molar-refractivity contribution < 1.29 is 31.5 Å². The quantitative estimate of drug-likeness (QED) is 0.508. The van der Waals surface area contributed by atoms with E-state index >= 15 is 0 Å². The zero-order chi connectivity index (χ0) is 22.7. The maximum atomic E-state index is 14.9. The topological polar surface area (TPSA) is 72.2 Å². The number of hydrogen-bond donors (Lipinski definition) is 2. The summed E-state index contributed by atoms with van der Waals surface area (Å²) in [4.78, 5) is 24.3. The molecule has 0 spiro atoms. The summed E-state index contributed by atoms with van der Waals surface area (Å²) in [7, 11) is 0. The maximum Gasteiger partial charge on any atom is 0.416 e. The minimum absolute atomic E-state index is 0.0127. The fraction of sp³-hybridized carbons (Fsp3) is 0.100. The predicted octanol–water partition coefficient (Wildman–Crippen LogP) is 5.30. The summed E-state index contributed by atoms with van der Waals surface area (Å²) >= 11 is 7.00. The van der Waals surface area contributed by atoms with Crippen LogP contribution < -0.4 is 11.1 Å². The Kier molecular flexibility index (Phi) is 5.01. The average molecular weight is 473 g/mol. The van der Waals surface area contributed by atoms with Crippen molar-refractivity contribution in [1.82, 2.24) is 5.32 Å². The zero-order valence-corrected chi connectivity index (χ0v) is 16.7. The molecule has 4 rings (SSSR count). The molecule has 3 N–H and O–H groups in total. The van der Waals surface area contributed by atoms with Crippen LogP contribution in [0.15, 0.2) is 35.7 Å². The number of rotatable bonds is 3. The van der Waals surface area contributed by atoms with Crippen molar-refractivity contribution in [3.8, 4) is 10.4 Å². The monoisotopic (exact) mass is 472 g/mol. The van der Waals surface area contributed by atoms with Crippen LogP contribution in [0.2, 0.25) is 5.02 Å². The second-order valence-electron chi connectivity index (χ2n) is 6.71. The van der Waals surface area contributed by atoms with Crippen molar-refractivity contribution >= 4 is 34.8 Å². The molecular weight excluding hydrogens is 463 g/mol. The molecule has 160 valence electrons. The van der Waals surface area contributed by atoms with Crippen molar-refractivity contribution in [2.45, 2.75) is 12.2 Å². The van der Waals surface area contributed by atoms with Crippen LogP contribution in [0.4, 0.5) is 22.0 Å². The number of halogens is 6. The van der Waals surface area contributed by atoms with Crippen molar-refractivity contribution in [2.75, 3.05) is 0 Å². The van der Waals surface area contributed by atoms with E-state index in [9.17, 15) is 31.5 Å². The second kappa shape index (κ2) is 7.31. The van der Waals surface area contributed by atoms with Crippen LogP contribution >= 0.6 is 22.9 Å². The van der Waals surface area contributed by atoms with Gasteiger partial charge in [0.1, 0.15) is 11.6 Å². The van der Waals surface area contributed by atoms with Crippen LogP contribution in [0, 0.1) is 11.6 Å². The molecule has 0 saturated heterocycles. The number of alkyl halides is 3. The standard InChI is InChI=1S/C20H10ClF5N2O2S/c21-12-2-1-8(22)5-9(12)16-15-11(19(30)28-16)6-31-17(15)14-10(18(27)29)3-7(4-13(14)23)20(24,25)26/h1-6,16H,(H2,27,29)(H,28,30). The molecule has 1 unspecified atom stereocenters. The number of primary amides is 1. The first-order chi connectivity index (χ1) is 14.5. The number of nitrogens with one attached hydrogen (secondary N) is 1. The lowest BCUT2D eigenvalue weighted by Gasteiger charge is -2.18. The Morgan fingerprint density at radius 2 is 1.87 bits per heavy atom. The van der Waals surface area contributed by atoms with E-state index in [4.69, 9.17) is 17.3 Å². The molecule has 2 heterocycles. The summed E-state index contributed by atoms with van der Waals surface area (Å²) in [5.74, 6) is -3.82. The van der Waals surface area contributed by atoms with E-state index in [0.29, 0.717) is 6.07 Å². The molecule has 31 heavy (non-hydrogen) atoms. The summed E-state index contributed by atoms with van der Waals surface area (Å²) in [6.45, 7) is 0. The second-order valence-corrected chi connectivity index (χ2v) is 7.99. The van der Waals surface area contributed by atoms with Gasteiger partial charge in [-0.05, 0) is 30.3 Å². The van der Waals surface area contributed by atoms with E-state index < -0.39 is 52.4 Å². The summed E-state index contributed by atoms with van der Waals surface area (Å²) in [5.41, 5.74) is 3.15. The normalized spacial score (nSPS) is 15.7. The summed E-state index contributed by atoms with van der Waals surface area (Å²) in [5, 5.41) is 4.08. The number of amides is 2. The van der Waals surface area contributed by atoms with Gasteiger partial charge in [-0.2, -0.15) is 13.2 Å². The third kappa shape index (κ3) is 3.55. The SMILES string of the molecule is NC(=O)c1cc(C(F)(F)F)cc(F)c1-c1scc2c1C(c1cc(F)ccc1Cl)NC2=O. The molecule has 2 amide bonds. The Bertz CT molecular complexity index is 1260. The Morgan fingerprint density at radius 1 is 1.16 bits per heavy atom. The third-order valence-electron chi connectivity index (χ3n) is 4.82.